The first-order valence-corrected chi connectivity index (χ1v) is 6.34. The first kappa shape index (κ1) is 14.8. The molecule has 0 saturated heterocycles. The zero-order valence-electron chi connectivity index (χ0n) is 11.8. The van der Waals surface area contributed by atoms with Crippen LogP contribution in [0.1, 0.15) is 15.9 Å². The maximum atomic E-state index is 13.5. The maximum absolute atomic E-state index is 13.5. The molecule has 0 aromatic heterocycles. The van der Waals surface area contributed by atoms with Crippen LogP contribution in [-0.2, 0) is 0 Å². The molecule has 0 bridgehead atoms. The summed E-state index contributed by atoms with van der Waals surface area (Å²) in [5, 5.41) is 0. The van der Waals surface area contributed by atoms with Crippen LogP contribution >= 0.6 is 0 Å². The van der Waals surface area contributed by atoms with E-state index in [-0.39, 0.29) is 11.6 Å². The summed E-state index contributed by atoms with van der Waals surface area (Å²) in [7, 11) is 3.03. The summed E-state index contributed by atoms with van der Waals surface area (Å²) < 4.78 is 23.7. The highest BCUT2D eigenvalue weighted by atomic mass is 19.1. The Morgan fingerprint density at radius 2 is 1.76 bits per heavy atom. The molecular weight excluding hydrogens is 271 g/mol. The molecule has 4 heteroatoms. The summed E-state index contributed by atoms with van der Waals surface area (Å²) in [6.45, 7) is 0. The van der Waals surface area contributed by atoms with Crippen molar-refractivity contribution in [2.75, 3.05) is 14.2 Å². The topological polar surface area (TPSA) is 35.5 Å². The molecule has 0 radical (unpaired) electrons. The third-order valence-corrected chi connectivity index (χ3v) is 2.99. The van der Waals surface area contributed by atoms with Gasteiger partial charge >= 0.3 is 0 Å². The molecule has 108 valence electrons. The molecule has 0 spiro atoms. The van der Waals surface area contributed by atoms with Gasteiger partial charge in [-0.15, -0.1) is 0 Å². The fourth-order valence-electron chi connectivity index (χ4n) is 1.86. The first-order chi connectivity index (χ1) is 10.2. The van der Waals surface area contributed by atoms with Gasteiger partial charge in [-0.05, 0) is 36.4 Å². The van der Waals surface area contributed by atoms with Crippen LogP contribution in [0.4, 0.5) is 4.39 Å². The van der Waals surface area contributed by atoms with Crippen molar-refractivity contribution in [3.05, 3.63) is 65.5 Å². The normalized spacial score (nSPS) is 10.6. The van der Waals surface area contributed by atoms with Crippen LogP contribution in [0.2, 0.25) is 0 Å². The minimum atomic E-state index is -0.367. The Labute approximate surface area is 122 Å². The Morgan fingerprint density at radius 3 is 2.43 bits per heavy atom. The fraction of sp³-hybridized carbons (Fsp3) is 0.118. The Balaban J connectivity index is 2.23. The quantitative estimate of drug-likeness (QED) is 0.620. The van der Waals surface area contributed by atoms with Gasteiger partial charge in [0.1, 0.15) is 5.82 Å². The number of hydrogen-bond donors (Lipinski definition) is 0. The van der Waals surface area contributed by atoms with E-state index in [1.54, 1.807) is 36.4 Å². The van der Waals surface area contributed by atoms with Crippen LogP contribution in [0, 0.1) is 5.82 Å². The van der Waals surface area contributed by atoms with Crippen LogP contribution < -0.4 is 9.47 Å². The Hall–Kier alpha value is -2.62. The SMILES string of the molecule is COc1ccc(C(=O)/C=C/c2ccccc2F)cc1OC. The highest BCUT2D eigenvalue weighted by Gasteiger charge is 2.08. The van der Waals surface area contributed by atoms with E-state index in [1.165, 1.54) is 32.4 Å². The van der Waals surface area contributed by atoms with Crippen molar-refractivity contribution in [2.45, 2.75) is 0 Å². The third-order valence-electron chi connectivity index (χ3n) is 2.99. The fourth-order valence-corrected chi connectivity index (χ4v) is 1.86. The molecule has 0 aliphatic heterocycles. The van der Waals surface area contributed by atoms with Crippen LogP contribution in [0.3, 0.4) is 0 Å². The molecule has 2 aromatic rings. The molecule has 0 aliphatic carbocycles. The second-order valence-corrected chi connectivity index (χ2v) is 4.29. The lowest BCUT2D eigenvalue weighted by Crippen LogP contribution is -1.97. The molecule has 2 rings (SSSR count). The molecule has 0 atom stereocenters. The van der Waals surface area contributed by atoms with Gasteiger partial charge in [-0.3, -0.25) is 4.79 Å². The van der Waals surface area contributed by atoms with Crippen molar-refractivity contribution in [2.24, 2.45) is 0 Å². The minimum Gasteiger partial charge on any atom is -0.493 e. The summed E-state index contributed by atoms with van der Waals surface area (Å²) in [6, 6.07) is 11.1. The summed E-state index contributed by atoms with van der Waals surface area (Å²) in [6.07, 6.45) is 2.79. The van der Waals surface area contributed by atoms with Crippen LogP contribution in [0.5, 0.6) is 11.5 Å². The van der Waals surface area contributed by atoms with E-state index in [0.29, 0.717) is 22.6 Å². The Bertz CT molecular complexity index is 677. The lowest BCUT2D eigenvalue weighted by molar-refractivity contribution is 0.104. The van der Waals surface area contributed by atoms with E-state index in [2.05, 4.69) is 0 Å². The summed E-state index contributed by atoms with van der Waals surface area (Å²) in [5.74, 6) is 0.419. The van der Waals surface area contributed by atoms with E-state index in [0.717, 1.165) is 0 Å². The van der Waals surface area contributed by atoms with Gasteiger partial charge < -0.3 is 9.47 Å². The van der Waals surface area contributed by atoms with Gasteiger partial charge in [0.15, 0.2) is 17.3 Å². The van der Waals surface area contributed by atoms with Gasteiger partial charge in [0.05, 0.1) is 14.2 Å². The number of benzene rings is 2. The molecule has 0 N–H and O–H groups in total. The number of allylic oxidation sites excluding steroid dienone is 1. The molecule has 0 saturated carbocycles. The van der Waals surface area contributed by atoms with Crippen LogP contribution in [-0.4, -0.2) is 20.0 Å². The number of ketones is 1. The number of ether oxygens (including phenoxy) is 2. The van der Waals surface area contributed by atoms with Crippen molar-refractivity contribution in [1.29, 1.82) is 0 Å². The zero-order chi connectivity index (χ0) is 15.2. The summed E-state index contributed by atoms with van der Waals surface area (Å²) in [4.78, 5) is 12.1. The lowest BCUT2D eigenvalue weighted by atomic mass is 10.1. The second-order valence-electron chi connectivity index (χ2n) is 4.29. The van der Waals surface area contributed by atoms with Gasteiger partial charge in [0, 0.05) is 11.1 Å². The average Bonchev–Trinajstić information content (AvgIpc) is 2.53. The van der Waals surface area contributed by atoms with Gasteiger partial charge in [-0.2, -0.15) is 0 Å². The number of rotatable bonds is 5. The van der Waals surface area contributed by atoms with Gasteiger partial charge in [-0.1, -0.05) is 18.2 Å². The molecule has 0 heterocycles. The smallest absolute Gasteiger partial charge is 0.185 e. The average molecular weight is 286 g/mol. The molecule has 3 nitrogen and oxygen atoms in total. The van der Waals surface area contributed by atoms with E-state index < -0.39 is 0 Å². The number of carbonyl (C=O) groups excluding carboxylic acids is 1. The van der Waals surface area contributed by atoms with Gasteiger partial charge in [0.25, 0.3) is 0 Å². The molecule has 21 heavy (non-hydrogen) atoms. The number of carbonyl (C=O) groups is 1. The van der Waals surface area contributed by atoms with Crippen LogP contribution in [0.15, 0.2) is 48.5 Å². The predicted molar refractivity (Wildman–Crippen MR) is 79.3 cm³/mol. The van der Waals surface area contributed by atoms with Crippen molar-refractivity contribution in [1.82, 2.24) is 0 Å². The first-order valence-electron chi connectivity index (χ1n) is 6.34. The predicted octanol–water partition coefficient (Wildman–Crippen LogP) is 3.74. The van der Waals surface area contributed by atoms with E-state index in [9.17, 15) is 9.18 Å². The molecule has 0 fully saturated rings. The van der Waals surface area contributed by atoms with Crippen molar-refractivity contribution in [3.8, 4) is 11.5 Å². The number of halogens is 1. The molecule has 0 aliphatic rings. The summed E-state index contributed by atoms with van der Waals surface area (Å²) in [5.41, 5.74) is 0.812. The van der Waals surface area contributed by atoms with E-state index in [1.807, 2.05) is 0 Å². The maximum Gasteiger partial charge on any atom is 0.185 e. The Kier molecular flexibility index (Phi) is 4.72. The monoisotopic (exact) mass is 286 g/mol. The second kappa shape index (κ2) is 6.70. The summed E-state index contributed by atoms with van der Waals surface area (Å²) >= 11 is 0. The number of methoxy groups -OCH3 is 2. The van der Waals surface area contributed by atoms with Gasteiger partial charge in [0.2, 0.25) is 0 Å². The lowest BCUT2D eigenvalue weighted by Gasteiger charge is -2.08. The van der Waals surface area contributed by atoms with Crippen molar-refractivity contribution in [3.63, 3.8) is 0 Å². The highest BCUT2D eigenvalue weighted by molar-refractivity contribution is 6.07. The molecule has 2 aromatic carbocycles. The molecular formula is C17H15FO3. The van der Waals surface area contributed by atoms with Crippen LogP contribution in [0.25, 0.3) is 6.08 Å². The molecule has 0 amide bonds. The molecule has 0 unspecified atom stereocenters. The minimum absolute atomic E-state index is 0.237. The standard InChI is InChI=1S/C17H15FO3/c1-20-16-10-8-13(11-17(16)21-2)15(19)9-7-12-5-3-4-6-14(12)18/h3-11H,1-2H3/b9-7+. The van der Waals surface area contributed by atoms with Crippen molar-refractivity contribution < 1.29 is 18.7 Å². The largest absolute Gasteiger partial charge is 0.493 e. The van der Waals surface area contributed by atoms with Crippen molar-refractivity contribution >= 4 is 11.9 Å². The Morgan fingerprint density at radius 1 is 1.05 bits per heavy atom. The highest BCUT2D eigenvalue weighted by Crippen LogP contribution is 2.27. The van der Waals surface area contributed by atoms with E-state index >= 15 is 0 Å². The number of hydrogen-bond acceptors (Lipinski definition) is 3. The van der Waals surface area contributed by atoms with Gasteiger partial charge in [-0.25, -0.2) is 4.39 Å². The third kappa shape index (κ3) is 3.48. The zero-order valence-corrected chi connectivity index (χ0v) is 11.8. The van der Waals surface area contributed by atoms with E-state index in [4.69, 9.17) is 9.47 Å².